The van der Waals surface area contributed by atoms with Gasteiger partial charge in [0.05, 0.1) is 0 Å². The fourth-order valence-electron chi connectivity index (χ4n) is 2.12. The lowest BCUT2D eigenvalue weighted by Crippen LogP contribution is -2.72. The highest BCUT2D eigenvalue weighted by Gasteiger charge is 2.10. The first kappa shape index (κ1) is 25.0. The SMILES string of the molecule is CC(C)=C/C=C\C=[NH+]CC(=O)NCCSSCCNC(=O)C[n+]1ccccc1C. The third kappa shape index (κ3) is 13.7. The van der Waals surface area contributed by atoms with Crippen molar-refractivity contribution >= 4 is 39.6 Å². The van der Waals surface area contributed by atoms with Gasteiger partial charge in [-0.05, 0) is 13.8 Å². The van der Waals surface area contributed by atoms with Gasteiger partial charge in [-0.15, -0.1) is 0 Å². The van der Waals surface area contributed by atoms with E-state index in [0.29, 0.717) is 19.6 Å². The molecule has 0 aliphatic heterocycles. The molecule has 0 radical (unpaired) electrons. The lowest BCUT2D eigenvalue weighted by molar-refractivity contribution is -0.690. The highest BCUT2D eigenvalue weighted by atomic mass is 33.1. The van der Waals surface area contributed by atoms with Crippen LogP contribution in [0.3, 0.4) is 0 Å². The number of hydrogen-bond donors (Lipinski definition) is 3. The summed E-state index contributed by atoms with van der Waals surface area (Å²) in [5.74, 6) is 1.65. The van der Waals surface area contributed by atoms with Gasteiger partial charge in [-0.2, -0.15) is 4.57 Å². The summed E-state index contributed by atoms with van der Waals surface area (Å²) in [5, 5.41) is 5.80. The molecular formula is C21H32N4O2S2+2. The van der Waals surface area contributed by atoms with Crippen molar-refractivity contribution in [3.8, 4) is 0 Å². The first-order chi connectivity index (χ1) is 14.0. The molecule has 8 heteroatoms. The van der Waals surface area contributed by atoms with E-state index in [2.05, 4.69) is 15.6 Å². The lowest BCUT2D eigenvalue weighted by Gasteiger charge is -2.04. The summed E-state index contributed by atoms with van der Waals surface area (Å²) in [4.78, 5) is 26.6. The minimum atomic E-state index is -0.0246. The Morgan fingerprint density at radius 1 is 1.07 bits per heavy atom. The molecule has 1 rings (SSSR count). The zero-order valence-corrected chi connectivity index (χ0v) is 19.1. The highest BCUT2D eigenvalue weighted by molar-refractivity contribution is 8.76. The summed E-state index contributed by atoms with van der Waals surface area (Å²) in [6.07, 6.45) is 9.46. The van der Waals surface area contributed by atoms with E-state index in [-0.39, 0.29) is 18.4 Å². The van der Waals surface area contributed by atoms with Crippen LogP contribution in [0.25, 0.3) is 0 Å². The number of aryl methyl sites for hydroxylation is 1. The van der Waals surface area contributed by atoms with Gasteiger partial charge in [0, 0.05) is 49.7 Å². The van der Waals surface area contributed by atoms with Crippen LogP contribution in [-0.4, -0.2) is 49.2 Å². The second-order valence-electron chi connectivity index (χ2n) is 6.49. The topological polar surface area (TPSA) is 76.0 Å². The summed E-state index contributed by atoms with van der Waals surface area (Å²) < 4.78 is 1.92. The maximum absolute atomic E-state index is 11.9. The van der Waals surface area contributed by atoms with Gasteiger partial charge in [-0.25, -0.2) is 4.99 Å². The van der Waals surface area contributed by atoms with Gasteiger partial charge < -0.3 is 10.6 Å². The van der Waals surface area contributed by atoms with Gasteiger partial charge in [0.25, 0.3) is 11.8 Å². The Bertz CT molecular complexity index is 729. The molecule has 29 heavy (non-hydrogen) atoms. The lowest BCUT2D eigenvalue weighted by atomic mass is 10.3. The Balaban J connectivity index is 1.99. The number of hydrogen-bond acceptors (Lipinski definition) is 4. The average Bonchev–Trinajstić information content (AvgIpc) is 2.68. The van der Waals surface area contributed by atoms with Crippen LogP contribution in [0.15, 0.2) is 48.2 Å². The molecule has 0 aliphatic rings. The van der Waals surface area contributed by atoms with E-state index in [0.717, 1.165) is 17.2 Å². The fourth-order valence-corrected chi connectivity index (χ4v) is 3.93. The first-order valence-corrected chi connectivity index (χ1v) is 12.1. The number of rotatable bonds is 13. The molecule has 158 valence electrons. The van der Waals surface area contributed by atoms with Crippen LogP contribution in [0, 0.1) is 6.92 Å². The maximum atomic E-state index is 11.9. The van der Waals surface area contributed by atoms with Crippen LogP contribution in [0.4, 0.5) is 0 Å². The summed E-state index contributed by atoms with van der Waals surface area (Å²) in [5.41, 5.74) is 2.29. The third-order valence-electron chi connectivity index (χ3n) is 3.60. The molecule has 1 aromatic rings. The highest BCUT2D eigenvalue weighted by Crippen LogP contribution is 2.19. The number of amides is 2. The molecule has 0 unspecified atom stereocenters. The summed E-state index contributed by atoms with van der Waals surface area (Å²) in [7, 11) is 3.38. The van der Waals surface area contributed by atoms with Crippen molar-refractivity contribution in [3.63, 3.8) is 0 Å². The molecule has 1 heterocycles. The smallest absolute Gasteiger partial charge is 0.286 e. The van der Waals surface area contributed by atoms with Crippen molar-refractivity contribution in [3.05, 3.63) is 53.9 Å². The van der Waals surface area contributed by atoms with E-state index >= 15 is 0 Å². The van der Waals surface area contributed by atoms with E-state index in [1.807, 2.05) is 68.0 Å². The van der Waals surface area contributed by atoms with Gasteiger partial charge in [0.2, 0.25) is 13.1 Å². The van der Waals surface area contributed by atoms with E-state index in [9.17, 15) is 9.59 Å². The summed E-state index contributed by atoms with van der Waals surface area (Å²) in [6.45, 7) is 7.91. The zero-order valence-electron chi connectivity index (χ0n) is 17.4. The minimum absolute atomic E-state index is 0.0159. The van der Waals surface area contributed by atoms with Crippen molar-refractivity contribution in [2.24, 2.45) is 0 Å². The van der Waals surface area contributed by atoms with Gasteiger partial charge in [-0.1, -0.05) is 45.4 Å². The van der Waals surface area contributed by atoms with Gasteiger partial charge in [-0.3, -0.25) is 9.59 Å². The monoisotopic (exact) mass is 436 g/mol. The average molecular weight is 437 g/mol. The van der Waals surface area contributed by atoms with Crippen LogP contribution in [-0.2, 0) is 16.1 Å². The predicted octanol–water partition coefficient (Wildman–Crippen LogP) is 0.570. The van der Waals surface area contributed by atoms with E-state index < -0.39 is 0 Å². The molecular weight excluding hydrogens is 404 g/mol. The Labute approximate surface area is 181 Å². The second kappa shape index (κ2) is 15.8. The van der Waals surface area contributed by atoms with Gasteiger partial charge >= 0.3 is 0 Å². The van der Waals surface area contributed by atoms with E-state index in [1.54, 1.807) is 27.8 Å². The molecule has 3 N–H and O–H groups in total. The van der Waals surface area contributed by atoms with Crippen LogP contribution >= 0.6 is 21.6 Å². The maximum Gasteiger partial charge on any atom is 0.286 e. The summed E-state index contributed by atoms with van der Waals surface area (Å²) >= 11 is 0. The molecule has 6 nitrogen and oxygen atoms in total. The van der Waals surface area contributed by atoms with Crippen LogP contribution in [0.1, 0.15) is 19.5 Å². The van der Waals surface area contributed by atoms with E-state index in [4.69, 9.17) is 0 Å². The molecule has 0 aliphatic carbocycles. The third-order valence-corrected chi connectivity index (χ3v) is 6.01. The number of nitrogens with zero attached hydrogens (tertiary/aromatic N) is 1. The Morgan fingerprint density at radius 3 is 2.41 bits per heavy atom. The number of carbonyl (C=O) groups is 2. The van der Waals surface area contributed by atoms with Gasteiger partial charge in [0.1, 0.15) is 0 Å². The van der Waals surface area contributed by atoms with Crippen LogP contribution in [0.5, 0.6) is 0 Å². The first-order valence-electron chi connectivity index (χ1n) is 9.58. The Hall–Kier alpha value is -2.06. The molecule has 0 spiro atoms. The van der Waals surface area contributed by atoms with Crippen molar-refractivity contribution < 1.29 is 19.1 Å². The quantitative estimate of drug-likeness (QED) is 0.139. The molecule has 0 atom stereocenters. The molecule has 2 amide bonds. The van der Waals surface area contributed by atoms with Crippen molar-refractivity contribution in [1.82, 2.24) is 10.6 Å². The zero-order chi connectivity index (χ0) is 21.3. The number of nitrogens with one attached hydrogen (secondary N) is 3. The Morgan fingerprint density at radius 2 is 1.76 bits per heavy atom. The van der Waals surface area contributed by atoms with Gasteiger partial charge in [0.15, 0.2) is 18.1 Å². The molecule has 1 aromatic heterocycles. The number of pyridine rings is 1. The van der Waals surface area contributed by atoms with Crippen molar-refractivity contribution in [2.45, 2.75) is 27.3 Å². The molecule has 0 aromatic carbocycles. The van der Waals surface area contributed by atoms with Crippen LogP contribution < -0.4 is 20.2 Å². The largest absolute Gasteiger partial charge is 0.350 e. The standard InChI is InChI=1S/C21H30N4O2S2/c1-18(2)8-4-6-10-22-16-20(26)23-11-14-28-29-15-12-24-21(27)17-25-13-7-5-9-19(25)3/h4-10,13H,11-12,14-17H2,1-3H3,(H-,23,24,26,27)/p+2/b6-4-,22-10?. The summed E-state index contributed by atoms with van der Waals surface area (Å²) in [6, 6.07) is 5.86. The van der Waals surface area contributed by atoms with Crippen molar-refractivity contribution in [2.75, 3.05) is 31.1 Å². The molecule has 0 bridgehead atoms. The Kier molecular flexibility index (Phi) is 13.6. The molecule has 0 saturated heterocycles. The minimum Gasteiger partial charge on any atom is -0.350 e. The van der Waals surface area contributed by atoms with Crippen molar-refractivity contribution in [1.29, 1.82) is 0 Å². The second-order valence-corrected chi connectivity index (χ2v) is 9.19. The number of allylic oxidation sites excluding steroid dienone is 4. The number of carbonyl (C=O) groups excluding carboxylic acids is 2. The molecule has 0 saturated carbocycles. The normalized spacial score (nSPS) is 11.0. The predicted molar refractivity (Wildman–Crippen MR) is 123 cm³/mol. The molecule has 0 fully saturated rings. The number of aromatic nitrogens is 1. The van der Waals surface area contributed by atoms with Crippen LogP contribution in [0.2, 0.25) is 0 Å². The fraction of sp³-hybridized carbons (Fsp3) is 0.429. The van der Waals surface area contributed by atoms with E-state index in [1.165, 1.54) is 5.57 Å².